The minimum Gasteiger partial charge on any atom is -0.457 e. The Hall–Kier alpha value is -4.63. The molecular weight excluding hydrogens is 586 g/mol. The first-order chi connectivity index (χ1) is 21.7. The standard InChI is InChI=1S/C36H41N3O5S/c1-4-5-24-37-36(41)34(25-29-15-8-6-9-16-29)38(26-30-17-13-12-14-28(30)2)35(40)27-39(45(3,42)43)31-20-22-33(23-21-31)44-32-18-10-7-11-19-32/h6-23,34H,4-5,24-27H2,1-3H3,(H,37,41)/t34-/m0/s1. The second-order valence-electron chi connectivity index (χ2n) is 11.0. The maximum absolute atomic E-state index is 14.3. The van der Waals surface area contributed by atoms with Crippen molar-refractivity contribution in [1.29, 1.82) is 0 Å². The van der Waals surface area contributed by atoms with E-state index in [-0.39, 0.29) is 18.9 Å². The summed E-state index contributed by atoms with van der Waals surface area (Å²) in [6, 6.07) is 32.1. The molecule has 1 N–H and O–H groups in total. The molecule has 0 radical (unpaired) electrons. The number of para-hydroxylation sites is 1. The molecule has 0 aromatic heterocycles. The van der Waals surface area contributed by atoms with E-state index < -0.39 is 28.5 Å². The number of ether oxygens (including phenoxy) is 1. The predicted octanol–water partition coefficient (Wildman–Crippen LogP) is 6.11. The topological polar surface area (TPSA) is 96.0 Å². The lowest BCUT2D eigenvalue weighted by atomic mass is 10.0. The van der Waals surface area contributed by atoms with Crippen LogP contribution in [0.2, 0.25) is 0 Å². The molecule has 1 atom stereocenters. The lowest BCUT2D eigenvalue weighted by Crippen LogP contribution is -2.53. The van der Waals surface area contributed by atoms with Crippen LogP contribution in [-0.2, 0) is 32.6 Å². The summed E-state index contributed by atoms with van der Waals surface area (Å²) in [6.45, 7) is 4.15. The molecule has 0 fully saturated rings. The number of rotatable bonds is 15. The first-order valence-electron chi connectivity index (χ1n) is 15.1. The molecule has 8 nitrogen and oxygen atoms in total. The lowest BCUT2D eigenvalue weighted by Gasteiger charge is -2.34. The SMILES string of the molecule is CCCCNC(=O)[C@H](Cc1ccccc1)N(Cc1ccccc1C)C(=O)CN(c1ccc(Oc2ccccc2)cc1)S(C)(=O)=O. The van der Waals surface area contributed by atoms with E-state index >= 15 is 0 Å². The van der Waals surface area contributed by atoms with Crippen LogP contribution < -0.4 is 14.4 Å². The molecule has 45 heavy (non-hydrogen) atoms. The van der Waals surface area contributed by atoms with Crippen LogP contribution in [0.3, 0.4) is 0 Å². The highest BCUT2D eigenvalue weighted by atomic mass is 32.2. The van der Waals surface area contributed by atoms with Gasteiger partial charge in [0.2, 0.25) is 21.8 Å². The number of unbranched alkanes of at least 4 members (excludes halogenated alkanes) is 1. The highest BCUT2D eigenvalue weighted by molar-refractivity contribution is 7.92. The highest BCUT2D eigenvalue weighted by Gasteiger charge is 2.33. The summed E-state index contributed by atoms with van der Waals surface area (Å²) in [4.78, 5) is 29.5. The van der Waals surface area contributed by atoms with E-state index in [1.807, 2.05) is 98.8 Å². The third kappa shape index (κ3) is 9.68. The molecule has 0 bridgehead atoms. The number of carbonyl (C=O) groups excluding carboxylic acids is 2. The van der Waals surface area contributed by atoms with Crippen LogP contribution in [0.25, 0.3) is 0 Å². The maximum atomic E-state index is 14.3. The highest BCUT2D eigenvalue weighted by Crippen LogP contribution is 2.26. The number of anilines is 1. The van der Waals surface area contributed by atoms with Gasteiger partial charge >= 0.3 is 0 Å². The van der Waals surface area contributed by atoms with E-state index in [2.05, 4.69) is 5.32 Å². The molecule has 236 valence electrons. The van der Waals surface area contributed by atoms with Crippen LogP contribution >= 0.6 is 0 Å². The van der Waals surface area contributed by atoms with Crippen LogP contribution in [0.5, 0.6) is 11.5 Å². The Labute approximate surface area is 266 Å². The van der Waals surface area contributed by atoms with Crippen molar-refractivity contribution in [2.75, 3.05) is 23.7 Å². The molecule has 0 saturated heterocycles. The fraction of sp³-hybridized carbons (Fsp3) is 0.278. The van der Waals surface area contributed by atoms with E-state index in [1.165, 1.54) is 4.90 Å². The molecule has 4 aromatic carbocycles. The smallest absolute Gasteiger partial charge is 0.244 e. The van der Waals surface area contributed by atoms with Gasteiger partial charge < -0.3 is 15.0 Å². The Bertz CT molecular complexity index is 1650. The van der Waals surface area contributed by atoms with Crippen LogP contribution in [0, 0.1) is 6.92 Å². The number of carbonyl (C=O) groups is 2. The Morgan fingerprint density at radius 3 is 2.04 bits per heavy atom. The Morgan fingerprint density at radius 1 is 0.822 bits per heavy atom. The number of aryl methyl sites for hydroxylation is 1. The number of benzene rings is 4. The molecule has 4 rings (SSSR count). The summed E-state index contributed by atoms with van der Waals surface area (Å²) in [6.07, 6.45) is 3.06. The van der Waals surface area contributed by atoms with E-state index in [0.717, 1.165) is 40.1 Å². The van der Waals surface area contributed by atoms with Crippen LogP contribution in [-0.4, -0.2) is 50.5 Å². The van der Waals surface area contributed by atoms with E-state index in [0.29, 0.717) is 23.7 Å². The number of nitrogens with zero attached hydrogens (tertiary/aromatic N) is 2. The van der Waals surface area contributed by atoms with Crippen molar-refractivity contribution >= 4 is 27.5 Å². The zero-order valence-corrected chi connectivity index (χ0v) is 26.9. The van der Waals surface area contributed by atoms with E-state index in [9.17, 15) is 18.0 Å². The fourth-order valence-corrected chi connectivity index (χ4v) is 5.80. The van der Waals surface area contributed by atoms with Gasteiger partial charge in [-0.15, -0.1) is 0 Å². The second-order valence-corrected chi connectivity index (χ2v) is 12.9. The molecule has 0 unspecified atom stereocenters. The van der Waals surface area contributed by atoms with Gasteiger partial charge in [-0.25, -0.2) is 8.42 Å². The van der Waals surface area contributed by atoms with Gasteiger partial charge in [-0.1, -0.05) is 86.1 Å². The Balaban J connectivity index is 1.67. The summed E-state index contributed by atoms with van der Waals surface area (Å²) in [7, 11) is -3.88. The number of hydrogen-bond acceptors (Lipinski definition) is 5. The third-order valence-corrected chi connectivity index (χ3v) is 8.63. The molecular formula is C36H41N3O5S. The van der Waals surface area contributed by atoms with Gasteiger partial charge in [0.1, 0.15) is 24.1 Å². The first-order valence-corrected chi connectivity index (χ1v) is 17.0. The summed E-state index contributed by atoms with van der Waals surface area (Å²) in [5.74, 6) is 0.411. The number of hydrogen-bond donors (Lipinski definition) is 1. The van der Waals surface area contributed by atoms with Crippen molar-refractivity contribution in [3.63, 3.8) is 0 Å². The molecule has 0 saturated carbocycles. The molecule has 0 aliphatic heterocycles. The average molecular weight is 628 g/mol. The minimum atomic E-state index is -3.88. The van der Waals surface area contributed by atoms with Gasteiger partial charge in [0.05, 0.1) is 11.9 Å². The molecule has 0 aliphatic carbocycles. The van der Waals surface area contributed by atoms with Gasteiger partial charge in [-0.2, -0.15) is 0 Å². The molecule has 0 spiro atoms. The van der Waals surface area contributed by atoms with Crippen molar-refractivity contribution in [2.45, 2.75) is 45.7 Å². The third-order valence-electron chi connectivity index (χ3n) is 7.49. The van der Waals surface area contributed by atoms with Crippen LogP contribution in [0.15, 0.2) is 109 Å². The minimum absolute atomic E-state index is 0.145. The zero-order chi connectivity index (χ0) is 32.2. The zero-order valence-electron chi connectivity index (χ0n) is 26.1. The van der Waals surface area contributed by atoms with E-state index in [1.54, 1.807) is 24.3 Å². The van der Waals surface area contributed by atoms with Gasteiger partial charge in [-0.3, -0.25) is 13.9 Å². The number of sulfonamides is 1. The van der Waals surface area contributed by atoms with Crippen molar-refractivity contribution in [3.8, 4) is 11.5 Å². The normalized spacial score (nSPS) is 11.8. The lowest BCUT2D eigenvalue weighted by molar-refractivity contribution is -0.140. The monoisotopic (exact) mass is 627 g/mol. The predicted molar refractivity (Wildman–Crippen MR) is 179 cm³/mol. The van der Waals surface area contributed by atoms with Gasteiger partial charge in [0, 0.05) is 19.5 Å². The van der Waals surface area contributed by atoms with Crippen LogP contribution in [0.1, 0.15) is 36.5 Å². The summed E-state index contributed by atoms with van der Waals surface area (Å²) in [5, 5.41) is 3.00. The maximum Gasteiger partial charge on any atom is 0.244 e. The molecule has 0 heterocycles. The summed E-state index contributed by atoms with van der Waals surface area (Å²) in [5.41, 5.74) is 3.05. The summed E-state index contributed by atoms with van der Waals surface area (Å²) >= 11 is 0. The van der Waals surface area contributed by atoms with Gasteiger partial charge in [0.15, 0.2) is 0 Å². The molecule has 4 aromatic rings. The van der Waals surface area contributed by atoms with Crippen LogP contribution in [0.4, 0.5) is 5.69 Å². The second kappa shape index (κ2) is 15.9. The Kier molecular flexibility index (Phi) is 11.8. The molecule has 9 heteroatoms. The quantitative estimate of drug-likeness (QED) is 0.161. The van der Waals surface area contributed by atoms with Crippen molar-refractivity contribution in [2.24, 2.45) is 0 Å². The van der Waals surface area contributed by atoms with E-state index in [4.69, 9.17) is 4.74 Å². The number of nitrogens with one attached hydrogen (secondary N) is 1. The van der Waals surface area contributed by atoms with Crippen molar-refractivity contribution in [3.05, 3.63) is 126 Å². The average Bonchev–Trinajstić information content (AvgIpc) is 3.03. The molecule has 0 aliphatic rings. The van der Waals surface area contributed by atoms with Gasteiger partial charge in [0.25, 0.3) is 0 Å². The summed E-state index contributed by atoms with van der Waals surface area (Å²) < 4.78 is 33.1. The fourth-order valence-electron chi connectivity index (χ4n) is 4.95. The van der Waals surface area contributed by atoms with Crippen molar-refractivity contribution < 1.29 is 22.7 Å². The van der Waals surface area contributed by atoms with Crippen molar-refractivity contribution in [1.82, 2.24) is 10.2 Å². The molecule has 2 amide bonds. The van der Waals surface area contributed by atoms with Gasteiger partial charge in [-0.05, 0) is 66.4 Å². The first kappa shape index (κ1) is 33.3. The Morgan fingerprint density at radius 2 is 1.42 bits per heavy atom. The largest absolute Gasteiger partial charge is 0.457 e. The number of amides is 2.